The maximum atomic E-state index is 10.7. The molecule has 1 unspecified atom stereocenters. The van der Waals surface area contributed by atoms with E-state index in [1.807, 2.05) is 32.9 Å². The van der Waals surface area contributed by atoms with E-state index in [0.29, 0.717) is 11.4 Å². The number of aromatic nitrogens is 3. The average molecular weight is 382 g/mol. The second kappa shape index (κ2) is 8.18. The van der Waals surface area contributed by atoms with Gasteiger partial charge >= 0.3 is 0 Å². The van der Waals surface area contributed by atoms with Gasteiger partial charge in [0.2, 0.25) is 0 Å². The molecular weight excluding hydrogens is 360 g/mol. The normalized spacial score (nSPS) is 12.0. The van der Waals surface area contributed by atoms with E-state index in [4.69, 9.17) is 4.74 Å². The summed E-state index contributed by atoms with van der Waals surface area (Å²) < 4.78 is 7.36. The van der Waals surface area contributed by atoms with Crippen LogP contribution in [0.15, 0.2) is 42.7 Å². The molecule has 146 valence electrons. The standard InChI is InChI=1S/C20H22N4O4/c1-13-4-5-14(2)19(15(13)3)28-11-18(25)10-23-12-21-20(22-23)16-6-8-17(9-7-16)24(26)27/h4-9,12,18,25H,10-11H2,1-3H3. The van der Waals surface area contributed by atoms with Crippen molar-refractivity contribution >= 4 is 5.69 Å². The molecule has 3 rings (SSSR count). The van der Waals surface area contributed by atoms with Gasteiger partial charge < -0.3 is 9.84 Å². The van der Waals surface area contributed by atoms with Crippen molar-refractivity contribution in [3.05, 3.63) is 69.5 Å². The van der Waals surface area contributed by atoms with E-state index in [2.05, 4.69) is 10.1 Å². The van der Waals surface area contributed by atoms with E-state index >= 15 is 0 Å². The predicted octanol–water partition coefficient (Wildman–Crippen LogP) is 3.22. The molecule has 0 radical (unpaired) electrons. The van der Waals surface area contributed by atoms with E-state index < -0.39 is 11.0 Å². The molecule has 1 N–H and O–H groups in total. The molecule has 3 aromatic rings. The Morgan fingerprint density at radius 3 is 2.50 bits per heavy atom. The Bertz CT molecular complexity index is 982. The van der Waals surface area contributed by atoms with Crippen molar-refractivity contribution in [2.45, 2.75) is 33.4 Å². The molecule has 1 atom stereocenters. The summed E-state index contributed by atoms with van der Waals surface area (Å²) in [5.41, 5.74) is 3.91. The number of benzene rings is 2. The fourth-order valence-electron chi connectivity index (χ4n) is 2.84. The van der Waals surface area contributed by atoms with Crippen LogP contribution in [0.5, 0.6) is 5.75 Å². The summed E-state index contributed by atoms with van der Waals surface area (Å²) >= 11 is 0. The smallest absolute Gasteiger partial charge is 0.269 e. The Hall–Kier alpha value is -3.26. The zero-order valence-corrected chi connectivity index (χ0v) is 16.0. The number of nitrogens with zero attached hydrogens (tertiary/aromatic N) is 4. The van der Waals surface area contributed by atoms with Crippen molar-refractivity contribution in [3.63, 3.8) is 0 Å². The fraction of sp³-hybridized carbons (Fsp3) is 0.300. The molecule has 0 saturated carbocycles. The molecule has 0 bridgehead atoms. The first kappa shape index (κ1) is 19.5. The van der Waals surface area contributed by atoms with E-state index in [9.17, 15) is 15.2 Å². The van der Waals surface area contributed by atoms with Crippen LogP contribution >= 0.6 is 0 Å². The molecule has 0 amide bonds. The number of aryl methyl sites for hydroxylation is 2. The quantitative estimate of drug-likeness (QED) is 0.497. The number of nitro groups is 1. The summed E-state index contributed by atoms with van der Waals surface area (Å²) in [5, 5.41) is 25.4. The zero-order chi connectivity index (χ0) is 20.3. The lowest BCUT2D eigenvalue weighted by Crippen LogP contribution is -2.24. The number of rotatable bonds is 7. The van der Waals surface area contributed by atoms with Crippen LogP contribution in [0, 0.1) is 30.9 Å². The predicted molar refractivity (Wildman–Crippen MR) is 104 cm³/mol. The molecule has 28 heavy (non-hydrogen) atoms. The van der Waals surface area contributed by atoms with Crippen LogP contribution in [0.4, 0.5) is 5.69 Å². The molecule has 0 spiro atoms. The first-order valence-corrected chi connectivity index (χ1v) is 8.87. The van der Waals surface area contributed by atoms with Gasteiger partial charge in [-0.3, -0.25) is 10.1 Å². The number of ether oxygens (including phenoxy) is 1. The summed E-state index contributed by atoms with van der Waals surface area (Å²) in [6.07, 6.45) is 0.758. The summed E-state index contributed by atoms with van der Waals surface area (Å²) in [5.74, 6) is 1.23. The van der Waals surface area contributed by atoms with Gasteiger partial charge in [-0.2, -0.15) is 5.10 Å². The van der Waals surface area contributed by atoms with Gasteiger partial charge in [0, 0.05) is 17.7 Å². The molecule has 2 aromatic carbocycles. The van der Waals surface area contributed by atoms with Gasteiger partial charge in [0.25, 0.3) is 5.69 Å². The Balaban J connectivity index is 1.62. The first-order valence-electron chi connectivity index (χ1n) is 8.87. The molecule has 0 aliphatic rings. The maximum absolute atomic E-state index is 10.7. The largest absolute Gasteiger partial charge is 0.490 e. The Morgan fingerprint density at radius 1 is 1.14 bits per heavy atom. The van der Waals surface area contributed by atoms with Gasteiger partial charge in [0.05, 0.1) is 11.5 Å². The van der Waals surface area contributed by atoms with Crippen molar-refractivity contribution < 1.29 is 14.8 Å². The van der Waals surface area contributed by atoms with Crippen LogP contribution in [0.2, 0.25) is 0 Å². The molecule has 0 fully saturated rings. The fourth-order valence-corrected chi connectivity index (χ4v) is 2.84. The highest BCUT2D eigenvalue weighted by Crippen LogP contribution is 2.26. The molecule has 8 nitrogen and oxygen atoms in total. The highest BCUT2D eigenvalue weighted by atomic mass is 16.6. The third kappa shape index (κ3) is 4.34. The first-order chi connectivity index (χ1) is 13.3. The average Bonchev–Trinajstić information content (AvgIpc) is 3.13. The van der Waals surface area contributed by atoms with Crippen LogP contribution in [-0.4, -0.2) is 37.5 Å². The van der Waals surface area contributed by atoms with Crippen LogP contribution in [0.3, 0.4) is 0 Å². The SMILES string of the molecule is Cc1ccc(C)c(OCC(O)Cn2cnc(-c3ccc([N+](=O)[O-])cc3)n2)c1C. The second-order valence-electron chi connectivity index (χ2n) is 6.71. The molecule has 0 saturated heterocycles. The van der Waals surface area contributed by atoms with E-state index in [0.717, 1.165) is 22.4 Å². The lowest BCUT2D eigenvalue weighted by atomic mass is 10.1. The topological polar surface area (TPSA) is 103 Å². The van der Waals surface area contributed by atoms with Crippen molar-refractivity contribution in [3.8, 4) is 17.1 Å². The molecule has 0 aliphatic carbocycles. The second-order valence-corrected chi connectivity index (χ2v) is 6.71. The van der Waals surface area contributed by atoms with Crippen molar-refractivity contribution in [1.29, 1.82) is 0 Å². The van der Waals surface area contributed by atoms with Crippen LogP contribution in [0.25, 0.3) is 11.4 Å². The lowest BCUT2D eigenvalue weighted by Gasteiger charge is -2.16. The molecule has 0 aliphatic heterocycles. The third-order valence-electron chi connectivity index (χ3n) is 4.56. The summed E-state index contributed by atoms with van der Waals surface area (Å²) in [7, 11) is 0. The summed E-state index contributed by atoms with van der Waals surface area (Å²) in [6.45, 7) is 6.36. The summed E-state index contributed by atoms with van der Waals surface area (Å²) in [4.78, 5) is 14.5. The van der Waals surface area contributed by atoms with Crippen molar-refractivity contribution in [2.24, 2.45) is 0 Å². The highest BCUT2D eigenvalue weighted by Gasteiger charge is 2.13. The van der Waals surface area contributed by atoms with Gasteiger partial charge in [-0.15, -0.1) is 0 Å². The Labute approximate surface area is 162 Å². The Morgan fingerprint density at radius 2 is 1.82 bits per heavy atom. The van der Waals surface area contributed by atoms with Crippen molar-refractivity contribution in [1.82, 2.24) is 14.8 Å². The van der Waals surface area contributed by atoms with Gasteiger partial charge in [-0.05, 0) is 49.6 Å². The number of non-ortho nitro benzene ring substituents is 1. The minimum Gasteiger partial charge on any atom is -0.490 e. The van der Waals surface area contributed by atoms with Crippen molar-refractivity contribution in [2.75, 3.05) is 6.61 Å². The van der Waals surface area contributed by atoms with Crippen LogP contribution < -0.4 is 4.74 Å². The maximum Gasteiger partial charge on any atom is 0.269 e. The monoisotopic (exact) mass is 382 g/mol. The molecular formula is C20H22N4O4. The lowest BCUT2D eigenvalue weighted by molar-refractivity contribution is -0.384. The number of hydrogen-bond acceptors (Lipinski definition) is 6. The van der Waals surface area contributed by atoms with E-state index in [1.54, 1.807) is 12.1 Å². The molecule has 1 aromatic heterocycles. The van der Waals surface area contributed by atoms with E-state index in [1.165, 1.54) is 23.1 Å². The number of aliphatic hydroxyl groups excluding tert-OH is 1. The third-order valence-corrected chi connectivity index (χ3v) is 4.56. The molecule has 8 heteroatoms. The number of nitro benzene ring substituents is 1. The number of hydrogen-bond donors (Lipinski definition) is 1. The van der Waals surface area contributed by atoms with Gasteiger partial charge in [-0.25, -0.2) is 9.67 Å². The van der Waals surface area contributed by atoms with E-state index in [-0.39, 0.29) is 18.8 Å². The number of aliphatic hydroxyl groups is 1. The highest BCUT2D eigenvalue weighted by molar-refractivity contribution is 5.56. The minimum absolute atomic E-state index is 0.0116. The van der Waals surface area contributed by atoms with Gasteiger partial charge in [0.15, 0.2) is 5.82 Å². The van der Waals surface area contributed by atoms with Gasteiger partial charge in [0.1, 0.15) is 24.8 Å². The molecule has 1 heterocycles. The zero-order valence-electron chi connectivity index (χ0n) is 16.0. The Kier molecular flexibility index (Phi) is 5.70. The van der Waals surface area contributed by atoms with Gasteiger partial charge in [-0.1, -0.05) is 12.1 Å². The van der Waals surface area contributed by atoms with Crippen LogP contribution in [-0.2, 0) is 6.54 Å². The van der Waals surface area contributed by atoms with Crippen LogP contribution in [0.1, 0.15) is 16.7 Å². The minimum atomic E-state index is -0.759. The summed E-state index contributed by atoms with van der Waals surface area (Å²) in [6, 6.07) is 10.1.